The quantitative estimate of drug-likeness (QED) is 0.310. The van der Waals surface area contributed by atoms with Gasteiger partial charge < -0.3 is 4.74 Å². The molecule has 122 valence electrons. The van der Waals surface area contributed by atoms with Gasteiger partial charge in [-0.05, 0) is 29.0 Å². The van der Waals surface area contributed by atoms with E-state index in [9.17, 15) is 14.9 Å². The van der Waals surface area contributed by atoms with Crippen molar-refractivity contribution < 1.29 is 14.5 Å². The van der Waals surface area contributed by atoms with Crippen molar-refractivity contribution in [2.75, 3.05) is 5.75 Å². The Kier molecular flexibility index (Phi) is 6.03. The van der Waals surface area contributed by atoms with Crippen molar-refractivity contribution in [3.8, 4) is 0 Å². The molecule has 23 heavy (non-hydrogen) atoms. The molecule has 0 aliphatic heterocycles. The molecule has 0 atom stereocenters. The highest BCUT2D eigenvalue weighted by Gasteiger charge is 2.10. The van der Waals surface area contributed by atoms with Gasteiger partial charge in [-0.2, -0.15) is 0 Å². The van der Waals surface area contributed by atoms with E-state index in [0.717, 1.165) is 11.3 Å². The number of hydrogen-bond donors (Lipinski definition) is 0. The molecule has 0 unspecified atom stereocenters. The lowest BCUT2D eigenvalue weighted by molar-refractivity contribution is -0.384. The van der Waals surface area contributed by atoms with E-state index in [0.29, 0.717) is 12.4 Å². The molecule has 0 saturated carbocycles. The monoisotopic (exact) mass is 337 g/mol. The van der Waals surface area contributed by atoms with E-state index < -0.39 is 10.9 Å². The van der Waals surface area contributed by atoms with Crippen LogP contribution in [0.4, 0.5) is 5.69 Å². The van der Waals surface area contributed by atoms with Crippen LogP contribution in [0.3, 0.4) is 0 Å². The van der Waals surface area contributed by atoms with Crippen LogP contribution in [0.25, 0.3) is 0 Å². The third-order valence-electron chi connectivity index (χ3n) is 2.81. The molecule has 1 aromatic carbocycles. The average molecular weight is 337 g/mol. The van der Waals surface area contributed by atoms with Crippen molar-refractivity contribution in [1.82, 2.24) is 20.2 Å². The van der Waals surface area contributed by atoms with Gasteiger partial charge in [0.15, 0.2) is 12.4 Å². The Bertz CT molecular complexity index is 673. The van der Waals surface area contributed by atoms with Crippen molar-refractivity contribution in [2.24, 2.45) is 0 Å². The number of nitro groups is 1. The van der Waals surface area contributed by atoms with Gasteiger partial charge in [0.2, 0.25) is 0 Å². The summed E-state index contributed by atoms with van der Waals surface area (Å²) < 4.78 is 6.72. The number of non-ortho nitro benzene ring substituents is 1. The number of carbonyl (C=O) groups is 1. The first kappa shape index (κ1) is 16.9. The van der Waals surface area contributed by atoms with Crippen LogP contribution in [0, 0.1) is 10.1 Å². The van der Waals surface area contributed by atoms with Crippen LogP contribution < -0.4 is 0 Å². The maximum atomic E-state index is 11.7. The molecule has 1 aromatic heterocycles. The summed E-state index contributed by atoms with van der Waals surface area (Å²) in [7, 11) is 0. The minimum atomic E-state index is -0.469. The van der Waals surface area contributed by atoms with E-state index in [-0.39, 0.29) is 18.0 Å². The molecular weight excluding hydrogens is 322 g/mol. The number of esters is 1. The summed E-state index contributed by atoms with van der Waals surface area (Å²) in [5.74, 6) is 0.201. The highest BCUT2D eigenvalue weighted by Crippen LogP contribution is 2.21. The largest absolute Gasteiger partial charge is 0.457 e. The number of hydrogen-bond acceptors (Lipinski definition) is 8. The van der Waals surface area contributed by atoms with Gasteiger partial charge >= 0.3 is 5.97 Å². The van der Waals surface area contributed by atoms with Gasteiger partial charge in [0.05, 0.1) is 10.7 Å². The first-order valence-electron chi connectivity index (χ1n) is 6.88. The Morgan fingerprint density at radius 2 is 2.13 bits per heavy atom. The second-order valence-corrected chi connectivity index (χ2v) is 5.57. The fraction of sp³-hybridized carbons (Fsp3) is 0.385. The minimum Gasteiger partial charge on any atom is -0.457 e. The zero-order chi connectivity index (χ0) is 16.7. The predicted molar refractivity (Wildman–Crippen MR) is 81.7 cm³/mol. The van der Waals surface area contributed by atoms with Crippen LogP contribution >= 0.6 is 11.8 Å². The van der Waals surface area contributed by atoms with Gasteiger partial charge in [-0.3, -0.25) is 14.9 Å². The molecule has 0 fully saturated rings. The molecule has 0 aliphatic carbocycles. The van der Waals surface area contributed by atoms with Gasteiger partial charge in [0, 0.05) is 23.6 Å². The average Bonchev–Trinajstić information content (AvgIpc) is 2.99. The molecule has 0 aliphatic rings. The Hall–Kier alpha value is -2.49. The molecule has 0 saturated heterocycles. The number of aryl methyl sites for hydroxylation is 1. The molecule has 0 spiro atoms. The lowest BCUT2D eigenvalue weighted by Gasteiger charge is -2.05. The summed E-state index contributed by atoms with van der Waals surface area (Å²) in [6, 6.07) is 5.98. The molecular formula is C13H15N5O4S. The molecule has 0 N–H and O–H groups in total. The number of benzene rings is 1. The second kappa shape index (κ2) is 8.22. The Labute approximate surface area is 136 Å². The maximum absolute atomic E-state index is 11.7. The van der Waals surface area contributed by atoms with Gasteiger partial charge in [-0.15, -0.1) is 16.9 Å². The van der Waals surface area contributed by atoms with Crippen LogP contribution in [0.2, 0.25) is 0 Å². The van der Waals surface area contributed by atoms with Crippen molar-refractivity contribution in [2.45, 2.75) is 31.4 Å². The van der Waals surface area contributed by atoms with E-state index in [1.54, 1.807) is 16.8 Å². The fourth-order valence-electron chi connectivity index (χ4n) is 1.71. The summed E-state index contributed by atoms with van der Waals surface area (Å²) in [4.78, 5) is 22.6. The molecule has 10 heteroatoms. The van der Waals surface area contributed by atoms with Crippen LogP contribution in [-0.2, 0) is 22.7 Å². The SMILES string of the molecule is CCCn1nnnc1COC(=O)CSc1ccc([N+](=O)[O-])cc1. The summed E-state index contributed by atoms with van der Waals surface area (Å²) in [5.41, 5.74) is 0.0136. The Morgan fingerprint density at radius 1 is 1.39 bits per heavy atom. The number of nitrogens with zero attached hydrogens (tertiary/aromatic N) is 5. The topological polar surface area (TPSA) is 113 Å². The van der Waals surface area contributed by atoms with E-state index >= 15 is 0 Å². The number of aromatic nitrogens is 4. The molecule has 0 radical (unpaired) electrons. The molecule has 2 aromatic rings. The van der Waals surface area contributed by atoms with Crippen molar-refractivity contribution in [3.05, 3.63) is 40.2 Å². The summed E-state index contributed by atoms with van der Waals surface area (Å²) >= 11 is 1.25. The minimum absolute atomic E-state index is 0.0136. The van der Waals surface area contributed by atoms with E-state index in [1.807, 2.05) is 6.92 Å². The number of carbonyl (C=O) groups excluding carboxylic acids is 1. The van der Waals surface area contributed by atoms with Crippen molar-refractivity contribution >= 4 is 23.4 Å². The van der Waals surface area contributed by atoms with Gasteiger partial charge in [0.25, 0.3) is 5.69 Å². The van der Waals surface area contributed by atoms with E-state index in [1.165, 1.54) is 23.9 Å². The molecule has 2 rings (SSSR count). The molecule has 0 bridgehead atoms. The lowest BCUT2D eigenvalue weighted by Crippen LogP contribution is -2.12. The standard InChI is InChI=1S/C13H15N5O4S/c1-2-7-17-12(14-15-16-17)8-22-13(19)9-23-11-5-3-10(4-6-11)18(20)21/h3-6H,2,7-9H2,1H3. The van der Waals surface area contributed by atoms with Gasteiger partial charge in [0.1, 0.15) is 0 Å². The molecule has 0 amide bonds. The maximum Gasteiger partial charge on any atom is 0.316 e. The zero-order valence-corrected chi connectivity index (χ0v) is 13.2. The summed E-state index contributed by atoms with van der Waals surface area (Å²) in [6.07, 6.45) is 0.877. The molecule has 1 heterocycles. The van der Waals surface area contributed by atoms with E-state index in [2.05, 4.69) is 15.5 Å². The third kappa shape index (κ3) is 5.02. The predicted octanol–water partition coefficient (Wildman–Crippen LogP) is 1.83. The van der Waals surface area contributed by atoms with Crippen molar-refractivity contribution in [1.29, 1.82) is 0 Å². The first-order valence-corrected chi connectivity index (χ1v) is 7.86. The highest BCUT2D eigenvalue weighted by atomic mass is 32.2. The third-order valence-corrected chi connectivity index (χ3v) is 3.79. The lowest BCUT2D eigenvalue weighted by atomic mass is 10.3. The summed E-state index contributed by atoms with van der Waals surface area (Å²) in [5, 5.41) is 21.7. The van der Waals surface area contributed by atoms with Crippen molar-refractivity contribution in [3.63, 3.8) is 0 Å². The molecule has 9 nitrogen and oxygen atoms in total. The van der Waals surface area contributed by atoms with E-state index in [4.69, 9.17) is 4.74 Å². The number of ether oxygens (including phenoxy) is 1. The number of nitro benzene ring substituents is 1. The number of thioether (sulfide) groups is 1. The second-order valence-electron chi connectivity index (χ2n) is 4.52. The van der Waals surface area contributed by atoms with Gasteiger partial charge in [-0.25, -0.2) is 4.68 Å². The zero-order valence-electron chi connectivity index (χ0n) is 12.4. The summed E-state index contributed by atoms with van der Waals surface area (Å²) in [6.45, 7) is 2.68. The van der Waals surface area contributed by atoms with Crippen LogP contribution in [0.1, 0.15) is 19.2 Å². The smallest absolute Gasteiger partial charge is 0.316 e. The number of rotatable bonds is 8. The van der Waals surface area contributed by atoms with Crippen LogP contribution in [-0.4, -0.2) is 36.9 Å². The van der Waals surface area contributed by atoms with Gasteiger partial charge in [-0.1, -0.05) is 6.92 Å². The Balaban J connectivity index is 1.78. The highest BCUT2D eigenvalue weighted by molar-refractivity contribution is 8.00. The van der Waals surface area contributed by atoms with Crippen LogP contribution in [0.15, 0.2) is 29.2 Å². The number of tetrazole rings is 1. The fourth-order valence-corrected chi connectivity index (χ4v) is 2.40. The van der Waals surface area contributed by atoms with Crippen LogP contribution in [0.5, 0.6) is 0 Å². The first-order chi connectivity index (χ1) is 11.1. The Morgan fingerprint density at radius 3 is 2.78 bits per heavy atom. The normalized spacial score (nSPS) is 10.5.